The molecule has 0 N–H and O–H groups in total. The molecule has 0 aromatic rings. The van der Waals surface area contributed by atoms with Crippen LogP contribution in [0, 0.1) is 23.2 Å². The molecule has 0 spiro atoms. The highest BCUT2D eigenvalue weighted by Gasteiger charge is 2.23. The topological polar surface area (TPSA) is 0 Å². The number of rotatable bonds is 7. The Balaban J connectivity index is 3.85. The zero-order valence-corrected chi connectivity index (χ0v) is 12.1. The Bertz CT molecular complexity index is 155. The van der Waals surface area contributed by atoms with Crippen LogP contribution in [0.4, 0.5) is 0 Å². The standard InChI is InChI=1S/C15H32/c1-8-15(6,7)14(5)10-9-13(4)11-12(2)3/h12-14H,8-11H2,1-7H3. The average molecular weight is 212 g/mol. The highest BCUT2D eigenvalue weighted by Crippen LogP contribution is 2.34. The largest absolute Gasteiger partial charge is 0.0649 e. The second kappa shape index (κ2) is 6.55. The van der Waals surface area contributed by atoms with Gasteiger partial charge >= 0.3 is 0 Å². The van der Waals surface area contributed by atoms with Gasteiger partial charge < -0.3 is 0 Å². The third-order valence-electron chi connectivity index (χ3n) is 4.21. The molecule has 2 atom stereocenters. The molecule has 2 unspecified atom stereocenters. The number of hydrogen-bond acceptors (Lipinski definition) is 0. The van der Waals surface area contributed by atoms with Gasteiger partial charge in [0.15, 0.2) is 0 Å². The van der Waals surface area contributed by atoms with Crippen molar-refractivity contribution < 1.29 is 0 Å². The zero-order valence-electron chi connectivity index (χ0n) is 12.1. The minimum atomic E-state index is 0.525. The summed E-state index contributed by atoms with van der Waals surface area (Å²) in [5.41, 5.74) is 0.525. The highest BCUT2D eigenvalue weighted by molar-refractivity contribution is 4.74. The zero-order chi connectivity index (χ0) is 12.1. The Kier molecular flexibility index (Phi) is 6.55. The lowest BCUT2D eigenvalue weighted by Gasteiger charge is -2.31. The van der Waals surface area contributed by atoms with Gasteiger partial charge in [0.1, 0.15) is 0 Å². The van der Waals surface area contributed by atoms with Crippen LogP contribution in [0.2, 0.25) is 0 Å². The maximum absolute atomic E-state index is 2.42. The van der Waals surface area contributed by atoms with E-state index in [1.54, 1.807) is 0 Å². The fourth-order valence-corrected chi connectivity index (χ4v) is 2.20. The van der Waals surface area contributed by atoms with Crippen molar-refractivity contribution >= 4 is 0 Å². The van der Waals surface area contributed by atoms with Crippen molar-refractivity contribution in [3.63, 3.8) is 0 Å². The molecular formula is C15H32. The van der Waals surface area contributed by atoms with Crippen molar-refractivity contribution in [3.8, 4) is 0 Å². The van der Waals surface area contributed by atoms with Gasteiger partial charge in [-0.1, -0.05) is 61.3 Å². The third kappa shape index (κ3) is 6.22. The summed E-state index contributed by atoms with van der Waals surface area (Å²) >= 11 is 0. The summed E-state index contributed by atoms with van der Waals surface area (Å²) in [5, 5.41) is 0. The van der Waals surface area contributed by atoms with Crippen molar-refractivity contribution in [2.45, 2.75) is 74.1 Å². The van der Waals surface area contributed by atoms with Gasteiger partial charge in [0.25, 0.3) is 0 Å². The summed E-state index contributed by atoms with van der Waals surface area (Å²) in [4.78, 5) is 0. The van der Waals surface area contributed by atoms with Gasteiger partial charge in [-0.2, -0.15) is 0 Å². The van der Waals surface area contributed by atoms with E-state index in [0.29, 0.717) is 5.41 Å². The van der Waals surface area contributed by atoms with Crippen LogP contribution < -0.4 is 0 Å². The lowest BCUT2D eigenvalue weighted by Crippen LogP contribution is -2.21. The van der Waals surface area contributed by atoms with Gasteiger partial charge in [-0.3, -0.25) is 0 Å². The summed E-state index contributed by atoms with van der Waals surface area (Å²) in [6.07, 6.45) is 5.49. The van der Waals surface area contributed by atoms with Crippen LogP contribution >= 0.6 is 0 Å². The van der Waals surface area contributed by atoms with E-state index in [2.05, 4.69) is 48.5 Å². The maximum atomic E-state index is 2.42. The molecule has 0 heteroatoms. The minimum Gasteiger partial charge on any atom is -0.0649 e. The minimum absolute atomic E-state index is 0.525. The van der Waals surface area contributed by atoms with E-state index in [-0.39, 0.29) is 0 Å². The summed E-state index contributed by atoms with van der Waals surface area (Å²) in [6.45, 7) is 16.6. The van der Waals surface area contributed by atoms with E-state index < -0.39 is 0 Å². The molecular weight excluding hydrogens is 180 g/mol. The molecule has 15 heavy (non-hydrogen) atoms. The molecule has 0 saturated carbocycles. The summed E-state index contributed by atoms with van der Waals surface area (Å²) in [7, 11) is 0. The normalized spacial score (nSPS) is 16.8. The molecule has 0 rings (SSSR count). The molecule has 0 aromatic carbocycles. The second-order valence-electron chi connectivity index (χ2n) is 6.56. The molecule has 0 saturated heterocycles. The van der Waals surface area contributed by atoms with Crippen LogP contribution in [0.1, 0.15) is 74.1 Å². The van der Waals surface area contributed by atoms with E-state index in [9.17, 15) is 0 Å². The highest BCUT2D eigenvalue weighted by atomic mass is 14.3. The van der Waals surface area contributed by atoms with Crippen molar-refractivity contribution in [2.75, 3.05) is 0 Å². The molecule has 0 heterocycles. The van der Waals surface area contributed by atoms with Gasteiger partial charge in [-0.15, -0.1) is 0 Å². The van der Waals surface area contributed by atoms with Crippen molar-refractivity contribution in [3.05, 3.63) is 0 Å². The van der Waals surface area contributed by atoms with E-state index in [4.69, 9.17) is 0 Å². The Morgan fingerprint density at radius 3 is 1.87 bits per heavy atom. The van der Waals surface area contributed by atoms with Crippen LogP contribution in [0.5, 0.6) is 0 Å². The summed E-state index contributed by atoms with van der Waals surface area (Å²) in [6, 6.07) is 0. The smallest absolute Gasteiger partial charge is 0.0331 e. The molecule has 0 nitrogen and oxygen atoms in total. The Morgan fingerprint density at radius 1 is 0.933 bits per heavy atom. The predicted molar refractivity (Wildman–Crippen MR) is 71.1 cm³/mol. The Morgan fingerprint density at radius 2 is 1.47 bits per heavy atom. The second-order valence-corrected chi connectivity index (χ2v) is 6.56. The van der Waals surface area contributed by atoms with Crippen LogP contribution in [0.3, 0.4) is 0 Å². The van der Waals surface area contributed by atoms with Gasteiger partial charge in [0.2, 0.25) is 0 Å². The Labute approximate surface area is 97.8 Å². The quantitative estimate of drug-likeness (QED) is 0.521. The van der Waals surface area contributed by atoms with E-state index in [1.807, 2.05) is 0 Å². The third-order valence-corrected chi connectivity index (χ3v) is 4.21. The van der Waals surface area contributed by atoms with Crippen molar-refractivity contribution in [2.24, 2.45) is 23.2 Å². The maximum Gasteiger partial charge on any atom is -0.0331 e. The van der Waals surface area contributed by atoms with Crippen LogP contribution in [0.25, 0.3) is 0 Å². The average Bonchev–Trinajstić information content (AvgIpc) is 2.13. The van der Waals surface area contributed by atoms with Crippen molar-refractivity contribution in [1.29, 1.82) is 0 Å². The lowest BCUT2D eigenvalue weighted by atomic mass is 9.74. The van der Waals surface area contributed by atoms with Gasteiger partial charge in [-0.05, 0) is 36.0 Å². The molecule has 0 amide bonds. The number of hydrogen-bond donors (Lipinski definition) is 0. The van der Waals surface area contributed by atoms with Crippen LogP contribution in [0.15, 0.2) is 0 Å². The van der Waals surface area contributed by atoms with E-state index >= 15 is 0 Å². The van der Waals surface area contributed by atoms with Crippen LogP contribution in [-0.4, -0.2) is 0 Å². The lowest BCUT2D eigenvalue weighted by molar-refractivity contribution is 0.195. The molecule has 0 aliphatic rings. The first kappa shape index (κ1) is 15.0. The van der Waals surface area contributed by atoms with E-state index in [0.717, 1.165) is 17.8 Å². The molecule has 0 aromatic heterocycles. The first-order valence-corrected chi connectivity index (χ1v) is 6.79. The fraction of sp³-hybridized carbons (Fsp3) is 1.00. The first-order valence-electron chi connectivity index (χ1n) is 6.79. The molecule has 0 radical (unpaired) electrons. The van der Waals surface area contributed by atoms with Gasteiger partial charge in [-0.25, -0.2) is 0 Å². The van der Waals surface area contributed by atoms with E-state index in [1.165, 1.54) is 25.7 Å². The van der Waals surface area contributed by atoms with Gasteiger partial charge in [0, 0.05) is 0 Å². The SMILES string of the molecule is CCC(C)(C)C(C)CCC(C)CC(C)C. The monoisotopic (exact) mass is 212 g/mol. The predicted octanol–water partition coefficient (Wildman–Crippen LogP) is 5.52. The molecule has 0 bridgehead atoms. The molecule has 0 fully saturated rings. The fourth-order valence-electron chi connectivity index (χ4n) is 2.20. The molecule has 0 aliphatic heterocycles. The molecule has 0 aliphatic carbocycles. The van der Waals surface area contributed by atoms with Gasteiger partial charge in [0.05, 0.1) is 0 Å². The first-order chi connectivity index (χ1) is 6.79. The summed E-state index contributed by atoms with van der Waals surface area (Å²) < 4.78 is 0. The van der Waals surface area contributed by atoms with Crippen molar-refractivity contribution in [1.82, 2.24) is 0 Å². The Hall–Kier alpha value is 0. The van der Waals surface area contributed by atoms with Crippen LogP contribution in [-0.2, 0) is 0 Å². The molecule has 92 valence electrons. The summed E-state index contributed by atoms with van der Waals surface area (Å²) in [5.74, 6) is 2.62.